The van der Waals surface area contributed by atoms with Crippen molar-refractivity contribution in [1.82, 2.24) is 4.90 Å². The van der Waals surface area contributed by atoms with Crippen molar-refractivity contribution in [2.24, 2.45) is 0 Å². The lowest BCUT2D eigenvalue weighted by molar-refractivity contribution is -0.129. The number of amides is 1. The Morgan fingerprint density at radius 1 is 1.12 bits per heavy atom. The summed E-state index contributed by atoms with van der Waals surface area (Å²) in [6, 6.07) is 10.3. The number of hydrogen-bond acceptors (Lipinski definition) is 1. The zero-order chi connectivity index (χ0) is 18.1. The van der Waals surface area contributed by atoms with E-state index in [4.69, 9.17) is 0 Å². The van der Waals surface area contributed by atoms with E-state index < -0.39 is 0 Å². The Balaban J connectivity index is 3.22. The Kier molecular flexibility index (Phi) is 8.25. The molecule has 24 heavy (non-hydrogen) atoms. The van der Waals surface area contributed by atoms with E-state index in [0.29, 0.717) is 0 Å². The molecule has 1 rings (SSSR count). The number of allylic oxidation sites excluding steroid dienone is 4. The van der Waals surface area contributed by atoms with Gasteiger partial charge in [-0.1, -0.05) is 62.4 Å². The second-order valence-electron chi connectivity index (χ2n) is 6.57. The van der Waals surface area contributed by atoms with Gasteiger partial charge < -0.3 is 4.90 Å². The Hall–Kier alpha value is -2.09. The number of carbonyl (C=O) groups excluding carboxylic acids is 1. The largest absolute Gasteiger partial charge is 0.334 e. The quantitative estimate of drug-likeness (QED) is 0.448. The molecule has 1 aromatic rings. The van der Waals surface area contributed by atoms with Gasteiger partial charge in [-0.15, -0.1) is 0 Å². The number of carbonyl (C=O) groups is 1. The maximum atomic E-state index is 12.8. The lowest BCUT2D eigenvalue weighted by Gasteiger charge is -2.30. The van der Waals surface area contributed by atoms with Crippen LogP contribution < -0.4 is 0 Å². The predicted molar refractivity (Wildman–Crippen MR) is 105 cm³/mol. The maximum absolute atomic E-state index is 12.8. The summed E-state index contributed by atoms with van der Waals surface area (Å²) in [6.07, 6.45) is 7.98. The van der Waals surface area contributed by atoms with Crippen molar-refractivity contribution in [2.45, 2.75) is 59.5 Å². The van der Waals surface area contributed by atoms with Gasteiger partial charge in [-0.05, 0) is 50.8 Å². The summed E-state index contributed by atoms with van der Waals surface area (Å²) < 4.78 is 0. The van der Waals surface area contributed by atoms with Gasteiger partial charge in [-0.3, -0.25) is 4.79 Å². The molecule has 0 heterocycles. The van der Waals surface area contributed by atoms with Crippen molar-refractivity contribution < 1.29 is 4.79 Å². The van der Waals surface area contributed by atoms with Crippen LogP contribution in [0.5, 0.6) is 0 Å². The van der Waals surface area contributed by atoms with E-state index in [-0.39, 0.29) is 18.0 Å². The van der Waals surface area contributed by atoms with Gasteiger partial charge in [0.05, 0.1) is 0 Å². The molecule has 2 heteroatoms. The smallest absolute Gasteiger partial charge is 0.247 e. The zero-order valence-electron chi connectivity index (χ0n) is 15.8. The van der Waals surface area contributed by atoms with Gasteiger partial charge >= 0.3 is 0 Å². The average molecular weight is 325 g/mol. The molecule has 0 saturated carbocycles. The van der Waals surface area contributed by atoms with E-state index in [2.05, 4.69) is 19.6 Å². The summed E-state index contributed by atoms with van der Waals surface area (Å²) >= 11 is 0. The zero-order valence-corrected chi connectivity index (χ0v) is 15.8. The first-order valence-electron chi connectivity index (χ1n) is 8.83. The van der Waals surface area contributed by atoms with Gasteiger partial charge in [0, 0.05) is 18.2 Å². The van der Waals surface area contributed by atoms with E-state index in [9.17, 15) is 4.79 Å². The molecule has 0 saturated heterocycles. The topological polar surface area (TPSA) is 20.3 Å². The lowest BCUT2D eigenvalue weighted by Crippen LogP contribution is -2.41. The van der Waals surface area contributed by atoms with E-state index in [1.807, 2.05) is 69.0 Å². The molecule has 0 aliphatic rings. The van der Waals surface area contributed by atoms with Gasteiger partial charge in [0.25, 0.3) is 0 Å². The summed E-state index contributed by atoms with van der Waals surface area (Å²) in [6.45, 7) is 14.5. The van der Waals surface area contributed by atoms with Crippen LogP contribution in [0.25, 0.3) is 5.57 Å². The Bertz CT molecular complexity index is 586. The molecule has 0 atom stereocenters. The van der Waals surface area contributed by atoms with Crippen molar-refractivity contribution in [2.75, 3.05) is 0 Å². The first-order chi connectivity index (χ1) is 11.4. The van der Waals surface area contributed by atoms with Crippen molar-refractivity contribution >= 4 is 11.5 Å². The highest BCUT2D eigenvalue weighted by atomic mass is 16.2. The third kappa shape index (κ3) is 5.84. The van der Waals surface area contributed by atoms with Gasteiger partial charge in [-0.25, -0.2) is 0 Å². The molecule has 0 aliphatic heterocycles. The van der Waals surface area contributed by atoms with Crippen molar-refractivity contribution in [1.29, 1.82) is 0 Å². The van der Waals surface area contributed by atoms with Crippen molar-refractivity contribution in [3.8, 4) is 0 Å². The van der Waals surface area contributed by atoms with Crippen LogP contribution in [-0.2, 0) is 4.79 Å². The second-order valence-corrected chi connectivity index (χ2v) is 6.57. The second kappa shape index (κ2) is 9.92. The van der Waals surface area contributed by atoms with Crippen molar-refractivity contribution in [3.05, 3.63) is 66.3 Å². The molecule has 2 nitrogen and oxygen atoms in total. The van der Waals surface area contributed by atoms with Crippen LogP contribution in [0.3, 0.4) is 0 Å². The van der Waals surface area contributed by atoms with Crippen LogP contribution in [0.1, 0.15) is 53.0 Å². The highest BCUT2D eigenvalue weighted by Crippen LogP contribution is 2.24. The summed E-state index contributed by atoms with van der Waals surface area (Å²) in [5, 5.41) is 0. The molecule has 0 aliphatic carbocycles. The fourth-order valence-corrected chi connectivity index (χ4v) is 2.76. The number of unbranched alkanes of at least 4 members (excludes halogenated alkanes) is 1. The molecule has 0 N–H and O–H groups in total. The number of hydrogen-bond donors (Lipinski definition) is 0. The molecule has 1 aromatic carbocycles. The van der Waals surface area contributed by atoms with Crippen LogP contribution in [0.2, 0.25) is 0 Å². The van der Waals surface area contributed by atoms with Crippen LogP contribution in [0.15, 0.2) is 60.7 Å². The molecule has 0 unspecified atom stereocenters. The molecule has 0 radical (unpaired) electrons. The van der Waals surface area contributed by atoms with Gasteiger partial charge in [0.2, 0.25) is 5.91 Å². The fourth-order valence-electron chi connectivity index (χ4n) is 2.76. The van der Waals surface area contributed by atoms with E-state index >= 15 is 0 Å². The third-order valence-electron chi connectivity index (χ3n) is 3.84. The van der Waals surface area contributed by atoms with E-state index in [0.717, 1.165) is 29.6 Å². The Morgan fingerprint density at radius 2 is 1.71 bits per heavy atom. The maximum Gasteiger partial charge on any atom is 0.247 e. The van der Waals surface area contributed by atoms with Crippen LogP contribution >= 0.6 is 0 Å². The number of benzene rings is 1. The number of rotatable bonds is 8. The first kappa shape index (κ1) is 20.0. The normalized spacial score (nSPS) is 12.2. The minimum atomic E-state index is 0.0314. The highest BCUT2D eigenvalue weighted by molar-refractivity contribution is 5.99. The molecule has 0 fully saturated rings. The van der Waals surface area contributed by atoms with Gasteiger partial charge in [0.1, 0.15) is 0 Å². The van der Waals surface area contributed by atoms with Crippen LogP contribution in [0, 0.1) is 0 Å². The Labute approximate surface area is 147 Å². The van der Waals surface area contributed by atoms with Gasteiger partial charge in [0.15, 0.2) is 0 Å². The summed E-state index contributed by atoms with van der Waals surface area (Å²) in [5.41, 5.74) is 2.78. The third-order valence-corrected chi connectivity index (χ3v) is 3.84. The highest BCUT2D eigenvalue weighted by Gasteiger charge is 2.19. The minimum absolute atomic E-state index is 0.0314. The van der Waals surface area contributed by atoms with E-state index in [1.54, 1.807) is 6.08 Å². The summed E-state index contributed by atoms with van der Waals surface area (Å²) in [7, 11) is 0. The molecular formula is C22H31NO. The molecule has 0 spiro atoms. The fraction of sp³-hybridized carbons (Fsp3) is 0.409. The minimum Gasteiger partial charge on any atom is -0.334 e. The van der Waals surface area contributed by atoms with E-state index in [1.165, 1.54) is 0 Å². The van der Waals surface area contributed by atoms with Crippen LogP contribution in [-0.4, -0.2) is 22.9 Å². The summed E-state index contributed by atoms with van der Waals surface area (Å²) in [5.74, 6) is 0.0314. The summed E-state index contributed by atoms with van der Waals surface area (Å²) in [4.78, 5) is 14.7. The average Bonchev–Trinajstić information content (AvgIpc) is 2.52. The Morgan fingerprint density at radius 3 is 2.21 bits per heavy atom. The lowest BCUT2D eigenvalue weighted by atomic mass is 9.97. The number of nitrogens with zero attached hydrogens (tertiary/aromatic N) is 1. The molecule has 0 aromatic heterocycles. The van der Waals surface area contributed by atoms with Gasteiger partial charge in [-0.2, -0.15) is 0 Å². The molecule has 1 amide bonds. The van der Waals surface area contributed by atoms with Crippen LogP contribution in [0.4, 0.5) is 0 Å². The molecule has 130 valence electrons. The molecule has 0 bridgehead atoms. The SMILES string of the molecule is C=C(/C=C/CCC)/C(=C/C(=O)N(C(C)C)C(C)C)c1ccccc1. The molecular weight excluding hydrogens is 294 g/mol. The standard InChI is InChI=1S/C22H31NO/c1-7-8-10-13-19(6)21(20-14-11-9-12-15-20)16-22(24)23(17(2)3)18(4)5/h9-18H,6-8H2,1-5H3/b13-10+,21-16-. The monoisotopic (exact) mass is 325 g/mol. The predicted octanol–water partition coefficient (Wildman–Crippen LogP) is 5.63. The van der Waals surface area contributed by atoms with Crippen molar-refractivity contribution in [3.63, 3.8) is 0 Å². The first-order valence-corrected chi connectivity index (χ1v) is 8.83.